The summed E-state index contributed by atoms with van der Waals surface area (Å²) in [5.74, 6) is -0.844. The van der Waals surface area contributed by atoms with E-state index in [1.807, 2.05) is 0 Å². The number of anilines is 1. The second-order valence-corrected chi connectivity index (χ2v) is 7.12. The van der Waals surface area contributed by atoms with Crippen molar-refractivity contribution in [2.24, 2.45) is 0 Å². The third-order valence-corrected chi connectivity index (χ3v) is 5.18. The van der Waals surface area contributed by atoms with Gasteiger partial charge in [-0.15, -0.1) is 0 Å². The third-order valence-electron chi connectivity index (χ3n) is 4.06. The van der Waals surface area contributed by atoms with Crippen molar-refractivity contribution in [1.29, 1.82) is 0 Å². The SMILES string of the molecule is CCC1(c2ccc(NS(=O)(=O)C(F)(F)F)cc2)CCC(=O)NC1=O. The largest absolute Gasteiger partial charge is 0.516 e. The van der Waals surface area contributed by atoms with Crippen LogP contribution < -0.4 is 10.0 Å². The summed E-state index contributed by atoms with van der Waals surface area (Å²) in [6, 6.07) is 5.07. The van der Waals surface area contributed by atoms with Gasteiger partial charge < -0.3 is 0 Å². The second kappa shape index (κ2) is 6.08. The maximum Gasteiger partial charge on any atom is 0.516 e. The first-order chi connectivity index (χ1) is 11.0. The van der Waals surface area contributed by atoms with Crippen LogP contribution in [0.15, 0.2) is 24.3 Å². The van der Waals surface area contributed by atoms with Crippen molar-refractivity contribution in [2.45, 2.75) is 37.1 Å². The summed E-state index contributed by atoms with van der Waals surface area (Å²) in [7, 11) is -5.50. The molecule has 10 heteroatoms. The van der Waals surface area contributed by atoms with Gasteiger partial charge in [0.05, 0.1) is 5.41 Å². The Balaban J connectivity index is 2.29. The van der Waals surface area contributed by atoms with Gasteiger partial charge in [-0.05, 0) is 30.5 Å². The maximum atomic E-state index is 12.4. The molecule has 1 aromatic carbocycles. The lowest BCUT2D eigenvalue weighted by atomic mass is 9.72. The number of carbonyl (C=O) groups is 2. The highest BCUT2D eigenvalue weighted by Gasteiger charge is 2.46. The number of halogens is 3. The van der Waals surface area contributed by atoms with Crippen molar-refractivity contribution in [3.05, 3.63) is 29.8 Å². The molecule has 1 heterocycles. The summed E-state index contributed by atoms with van der Waals surface area (Å²) in [5, 5.41) is 2.25. The van der Waals surface area contributed by atoms with Gasteiger partial charge in [0.2, 0.25) is 11.8 Å². The second-order valence-electron chi connectivity index (χ2n) is 5.44. The van der Waals surface area contributed by atoms with Gasteiger partial charge in [0.15, 0.2) is 0 Å². The first-order valence-electron chi connectivity index (χ1n) is 7.06. The van der Waals surface area contributed by atoms with E-state index >= 15 is 0 Å². The fourth-order valence-electron chi connectivity index (χ4n) is 2.64. The molecule has 1 saturated heterocycles. The molecule has 0 aliphatic carbocycles. The molecule has 0 bridgehead atoms. The smallest absolute Gasteiger partial charge is 0.296 e. The zero-order valence-corrected chi connectivity index (χ0v) is 13.4. The first-order valence-corrected chi connectivity index (χ1v) is 8.54. The first kappa shape index (κ1) is 18.2. The van der Waals surface area contributed by atoms with Crippen LogP contribution >= 0.6 is 0 Å². The fraction of sp³-hybridized carbons (Fsp3) is 0.429. The monoisotopic (exact) mass is 364 g/mol. The Hall–Kier alpha value is -2.10. The number of hydrogen-bond donors (Lipinski definition) is 2. The Labute approximate surface area is 136 Å². The van der Waals surface area contributed by atoms with Gasteiger partial charge in [-0.1, -0.05) is 19.1 Å². The van der Waals surface area contributed by atoms with Crippen molar-refractivity contribution in [3.63, 3.8) is 0 Å². The minimum absolute atomic E-state index is 0.155. The highest BCUT2D eigenvalue weighted by atomic mass is 32.2. The van der Waals surface area contributed by atoms with Gasteiger partial charge in [-0.2, -0.15) is 21.6 Å². The van der Waals surface area contributed by atoms with Crippen LogP contribution in [0.1, 0.15) is 31.7 Å². The van der Waals surface area contributed by atoms with E-state index in [2.05, 4.69) is 5.32 Å². The molecule has 2 amide bonds. The van der Waals surface area contributed by atoms with Crippen molar-refractivity contribution in [3.8, 4) is 0 Å². The molecule has 2 N–H and O–H groups in total. The lowest BCUT2D eigenvalue weighted by molar-refractivity contribution is -0.138. The Bertz CT molecular complexity index is 759. The summed E-state index contributed by atoms with van der Waals surface area (Å²) < 4.78 is 60.7. The van der Waals surface area contributed by atoms with E-state index in [1.54, 1.807) is 6.92 Å². The molecule has 1 unspecified atom stereocenters. The van der Waals surface area contributed by atoms with Gasteiger partial charge in [-0.3, -0.25) is 19.6 Å². The summed E-state index contributed by atoms with van der Waals surface area (Å²) in [5.41, 5.74) is -6.14. The molecule has 0 aromatic heterocycles. The Morgan fingerprint density at radius 3 is 2.25 bits per heavy atom. The molecule has 1 aliphatic heterocycles. The summed E-state index contributed by atoms with van der Waals surface area (Å²) in [6.07, 6.45) is 0.823. The van der Waals surface area contributed by atoms with E-state index in [0.717, 1.165) is 12.1 Å². The average molecular weight is 364 g/mol. The van der Waals surface area contributed by atoms with Gasteiger partial charge in [0, 0.05) is 12.1 Å². The van der Waals surface area contributed by atoms with Crippen molar-refractivity contribution >= 4 is 27.5 Å². The van der Waals surface area contributed by atoms with Crippen LogP contribution in [0.5, 0.6) is 0 Å². The predicted molar refractivity (Wildman–Crippen MR) is 79.4 cm³/mol. The number of amides is 2. The lowest BCUT2D eigenvalue weighted by Crippen LogP contribution is -2.51. The fourth-order valence-corrected chi connectivity index (χ4v) is 3.20. The Morgan fingerprint density at radius 1 is 1.21 bits per heavy atom. The normalized spacial score (nSPS) is 22.2. The van der Waals surface area contributed by atoms with E-state index in [-0.39, 0.29) is 24.4 Å². The number of carbonyl (C=O) groups excluding carboxylic acids is 2. The molecular formula is C14H15F3N2O4S. The molecule has 6 nitrogen and oxygen atoms in total. The highest BCUT2D eigenvalue weighted by Crippen LogP contribution is 2.36. The van der Waals surface area contributed by atoms with Gasteiger partial charge in [0.1, 0.15) is 0 Å². The Kier molecular flexibility index (Phi) is 4.62. The molecule has 1 aliphatic rings. The number of imide groups is 1. The van der Waals surface area contributed by atoms with Crippen molar-refractivity contribution in [2.75, 3.05) is 4.72 Å². The molecule has 1 aromatic rings. The maximum absolute atomic E-state index is 12.4. The van der Waals surface area contributed by atoms with Crippen LogP contribution in [-0.4, -0.2) is 25.7 Å². The van der Waals surface area contributed by atoms with Crippen LogP contribution in [0.3, 0.4) is 0 Å². The van der Waals surface area contributed by atoms with E-state index in [9.17, 15) is 31.2 Å². The molecule has 132 valence electrons. The number of piperidine rings is 1. The molecule has 0 radical (unpaired) electrons. The number of hydrogen-bond acceptors (Lipinski definition) is 4. The minimum atomic E-state index is -5.50. The number of nitrogens with one attached hydrogen (secondary N) is 2. The third kappa shape index (κ3) is 3.23. The highest BCUT2D eigenvalue weighted by molar-refractivity contribution is 7.93. The Morgan fingerprint density at radius 2 is 1.79 bits per heavy atom. The quantitative estimate of drug-likeness (QED) is 0.800. The van der Waals surface area contributed by atoms with Crippen LogP contribution in [0.2, 0.25) is 0 Å². The van der Waals surface area contributed by atoms with Crippen LogP contribution in [0.4, 0.5) is 18.9 Å². The topological polar surface area (TPSA) is 92.3 Å². The number of benzene rings is 1. The van der Waals surface area contributed by atoms with Crippen molar-refractivity contribution in [1.82, 2.24) is 5.32 Å². The zero-order valence-electron chi connectivity index (χ0n) is 12.6. The molecule has 1 atom stereocenters. The summed E-state index contributed by atoms with van der Waals surface area (Å²) >= 11 is 0. The number of alkyl halides is 3. The lowest BCUT2D eigenvalue weighted by Gasteiger charge is -2.35. The molecule has 2 rings (SSSR count). The predicted octanol–water partition coefficient (Wildman–Crippen LogP) is 2.03. The molecule has 24 heavy (non-hydrogen) atoms. The van der Waals surface area contributed by atoms with E-state index in [1.165, 1.54) is 16.9 Å². The summed E-state index contributed by atoms with van der Waals surface area (Å²) in [4.78, 5) is 23.5. The van der Waals surface area contributed by atoms with Gasteiger partial charge in [-0.25, -0.2) is 0 Å². The van der Waals surface area contributed by atoms with Crippen LogP contribution in [0, 0.1) is 0 Å². The van der Waals surface area contributed by atoms with Gasteiger partial charge in [0.25, 0.3) is 0 Å². The molecule has 0 spiro atoms. The molecular weight excluding hydrogens is 349 g/mol. The van der Waals surface area contributed by atoms with Gasteiger partial charge >= 0.3 is 15.5 Å². The number of rotatable bonds is 4. The average Bonchev–Trinajstić information content (AvgIpc) is 2.47. The molecule has 0 saturated carbocycles. The standard InChI is InChI=1S/C14H15F3N2O4S/c1-2-13(8-7-11(20)18-12(13)21)9-3-5-10(6-4-9)19-24(22,23)14(15,16)17/h3-6,19H,2,7-8H2,1H3,(H,18,20,21). The van der Waals surface area contributed by atoms with E-state index in [4.69, 9.17) is 0 Å². The van der Waals surface area contributed by atoms with Crippen molar-refractivity contribution < 1.29 is 31.2 Å². The van der Waals surface area contributed by atoms with E-state index < -0.39 is 26.9 Å². The minimum Gasteiger partial charge on any atom is -0.296 e. The van der Waals surface area contributed by atoms with Crippen LogP contribution in [-0.2, 0) is 25.0 Å². The van der Waals surface area contributed by atoms with Crippen LogP contribution in [0.25, 0.3) is 0 Å². The zero-order chi connectivity index (χ0) is 18.2. The van der Waals surface area contributed by atoms with E-state index in [0.29, 0.717) is 12.0 Å². The molecule has 1 fully saturated rings. The number of sulfonamides is 1. The summed E-state index contributed by atoms with van der Waals surface area (Å²) in [6.45, 7) is 1.76.